The van der Waals surface area contributed by atoms with Crippen LogP contribution in [0.25, 0.3) is 6.08 Å². The van der Waals surface area contributed by atoms with Gasteiger partial charge in [-0.3, -0.25) is 0 Å². The molecule has 3 rings (SSSR count). The zero-order valence-corrected chi connectivity index (χ0v) is 10.1. The monoisotopic (exact) mass is 220 g/mol. The number of allylic oxidation sites excluding steroid dienone is 7. The first kappa shape index (κ1) is 10.3. The van der Waals surface area contributed by atoms with Gasteiger partial charge in [-0.15, -0.1) is 0 Å². The standard InChI is InChI=1S/C17H16/c1-13-16-9-4-2-3-7-14(16)11-12-15-8-5-6-10-17(13)15/h2,4-13H,3H2,1H3. The second-order valence-corrected chi connectivity index (χ2v) is 4.63. The molecule has 0 aromatic heterocycles. The van der Waals surface area contributed by atoms with Gasteiger partial charge in [0.2, 0.25) is 0 Å². The molecule has 1 atom stereocenters. The van der Waals surface area contributed by atoms with Crippen LogP contribution < -0.4 is 0 Å². The number of hydrogen-bond donors (Lipinski definition) is 0. The predicted octanol–water partition coefficient (Wildman–Crippen LogP) is 4.63. The highest BCUT2D eigenvalue weighted by Crippen LogP contribution is 2.36. The molecule has 2 aliphatic carbocycles. The molecule has 84 valence electrons. The molecule has 0 bridgehead atoms. The summed E-state index contributed by atoms with van der Waals surface area (Å²) in [6.45, 7) is 2.30. The molecule has 0 saturated carbocycles. The highest BCUT2D eigenvalue weighted by molar-refractivity contribution is 5.66. The summed E-state index contributed by atoms with van der Waals surface area (Å²) in [5, 5.41) is 0. The van der Waals surface area contributed by atoms with Crippen molar-refractivity contribution >= 4 is 6.08 Å². The van der Waals surface area contributed by atoms with Gasteiger partial charge in [0.15, 0.2) is 0 Å². The molecule has 0 aliphatic heterocycles. The van der Waals surface area contributed by atoms with Crippen molar-refractivity contribution in [3.8, 4) is 0 Å². The summed E-state index contributed by atoms with van der Waals surface area (Å²) in [6.07, 6.45) is 14.5. The first-order valence-electron chi connectivity index (χ1n) is 6.20. The zero-order chi connectivity index (χ0) is 11.7. The van der Waals surface area contributed by atoms with E-state index >= 15 is 0 Å². The fourth-order valence-corrected chi connectivity index (χ4v) is 2.62. The third-order valence-electron chi connectivity index (χ3n) is 3.59. The maximum absolute atomic E-state index is 2.31. The van der Waals surface area contributed by atoms with Crippen LogP contribution in [0.3, 0.4) is 0 Å². The van der Waals surface area contributed by atoms with Crippen LogP contribution in [0, 0.1) is 0 Å². The maximum Gasteiger partial charge on any atom is 0.00727 e. The lowest BCUT2D eigenvalue weighted by Gasteiger charge is -2.16. The molecule has 0 amide bonds. The first-order valence-corrected chi connectivity index (χ1v) is 6.20. The van der Waals surface area contributed by atoms with Crippen molar-refractivity contribution in [2.45, 2.75) is 19.3 Å². The maximum atomic E-state index is 2.31. The van der Waals surface area contributed by atoms with Gasteiger partial charge in [-0.2, -0.15) is 0 Å². The van der Waals surface area contributed by atoms with Crippen molar-refractivity contribution in [3.05, 3.63) is 76.9 Å². The fourth-order valence-electron chi connectivity index (χ4n) is 2.62. The Labute approximate surface area is 103 Å². The minimum absolute atomic E-state index is 0.468. The topological polar surface area (TPSA) is 0 Å². The predicted molar refractivity (Wildman–Crippen MR) is 73.8 cm³/mol. The van der Waals surface area contributed by atoms with Crippen molar-refractivity contribution in [2.75, 3.05) is 0 Å². The summed E-state index contributed by atoms with van der Waals surface area (Å²) in [5.41, 5.74) is 5.58. The number of rotatable bonds is 0. The van der Waals surface area contributed by atoms with Crippen LogP contribution in [0.2, 0.25) is 0 Å². The van der Waals surface area contributed by atoms with Crippen LogP contribution >= 0.6 is 0 Å². The highest BCUT2D eigenvalue weighted by atomic mass is 14.2. The van der Waals surface area contributed by atoms with Crippen molar-refractivity contribution in [1.82, 2.24) is 0 Å². The third kappa shape index (κ3) is 1.80. The molecule has 0 N–H and O–H groups in total. The summed E-state index contributed by atoms with van der Waals surface area (Å²) in [5.74, 6) is 0.468. The molecule has 0 radical (unpaired) electrons. The minimum atomic E-state index is 0.468. The number of hydrogen-bond acceptors (Lipinski definition) is 0. The largest absolute Gasteiger partial charge is 0.0807 e. The van der Waals surface area contributed by atoms with E-state index in [2.05, 4.69) is 67.6 Å². The minimum Gasteiger partial charge on any atom is -0.0807 e. The second kappa shape index (κ2) is 4.21. The summed E-state index contributed by atoms with van der Waals surface area (Å²) in [4.78, 5) is 0. The van der Waals surface area contributed by atoms with Gasteiger partial charge in [-0.1, -0.05) is 67.6 Å². The van der Waals surface area contributed by atoms with Gasteiger partial charge in [0.25, 0.3) is 0 Å². The fraction of sp³-hybridized carbons (Fsp3) is 0.176. The highest BCUT2D eigenvalue weighted by Gasteiger charge is 2.18. The third-order valence-corrected chi connectivity index (χ3v) is 3.59. The van der Waals surface area contributed by atoms with Crippen LogP contribution in [0.5, 0.6) is 0 Å². The smallest absolute Gasteiger partial charge is 0.00727 e. The molecule has 1 unspecified atom stereocenters. The summed E-state index contributed by atoms with van der Waals surface area (Å²) >= 11 is 0. The zero-order valence-electron chi connectivity index (χ0n) is 10.1. The van der Waals surface area contributed by atoms with E-state index < -0.39 is 0 Å². The molecule has 1 aromatic carbocycles. The van der Waals surface area contributed by atoms with E-state index in [9.17, 15) is 0 Å². The van der Waals surface area contributed by atoms with Gasteiger partial charge < -0.3 is 0 Å². The molecular formula is C17H16. The molecule has 0 heterocycles. The Morgan fingerprint density at radius 1 is 1.12 bits per heavy atom. The lowest BCUT2D eigenvalue weighted by atomic mass is 9.88. The van der Waals surface area contributed by atoms with E-state index in [-0.39, 0.29) is 0 Å². The van der Waals surface area contributed by atoms with E-state index in [0.29, 0.717) is 5.92 Å². The van der Waals surface area contributed by atoms with Crippen LogP contribution in [0.15, 0.2) is 65.8 Å². The molecule has 17 heavy (non-hydrogen) atoms. The van der Waals surface area contributed by atoms with Gasteiger partial charge in [0, 0.05) is 5.92 Å². The Kier molecular flexibility index (Phi) is 2.56. The Morgan fingerprint density at radius 2 is 2.00 bits per heavy atom. The molecule has 0 saturated heterocycles. The molecule has 0 nitrogen and oxygen atoms in total. The average molecular weight is 220 g/mol. The van der Waals surface area contributed by atoms with Crippen LogP contribution in [-0.4, -0.2) is 0 Å². The average Bonchev–Trinajstić information content (AvgIpc) is 2.66. The normalized spacial score (nSPS) is 21.8. The van der Waals surface area contributed by atoms with E-state index in [4.69, 9.17) is 0 Å². The second-order valence-electron chi connectivity index (χ2n) is 4.63. The SMILES string of the molecule is CC1C2=CC=CCC=C2C=Cc2ccccc21. The van der Waals surface area contributed by atoms with E-state index in [0.717, 1.165) is 6.42 Å². The summed E-state index contributed by atoms with van der Waals surface area (Å²) < 4.78 is 0. The van der Waals surface area contributed by atoms with Crippen molar-refractivity contribution < 1.29 is 0 Å². The van der Waals surface area contributed by atoms with Gasteiger partial charge in [0.1, 0.15) is 0 Å². The Bertz CT molecular complexity index is 553. The Hall–Kier alpha value is -1.82. The van der Waals surface area contributed by atoms with Crippen molar-refractivity contribution in [3.63, 3.8) is 0 Å². The van der Waals surface area contributed by atoms with Crippen LogP contribution in [0.1, 0.15) is 30.4 Å². The molecule has 0 heteroatoms. The van der Waals surface area contributed by atoms with Crippen molar-refractivity contribution in [2.24, 2.45) is 0 Å². The van der Waals surface area contributed by atoms with Crippen molar-refractivity contribution in [1.29, 1.82) is 0 Å². The summed E-state index contributed by atoms with van der Waals surface area (Å²) in [6, 6.07) is 8.68. The van der Waals surface area contributed by atoms with E-state index in [1.807, 2.05) is 0 Å². The molecule has 1 aromatic rings. The molecule has 0 fully saturated rings. The van der Waals surface area contributed by atoms with Gasteiger partial charge in [-0.05, 0) is 28.7 Å². The number of fused-ring (bicyclic) bond motifs is 2. The van der Waals surface area contributed by atoms with Gasteiger partial charge in [0.05, 0.1) is 0 Å². The first-order chi connectivity index (χ1) is 8.36. The molecular weight excluding hydrogens is 204 g/mol. The van der Waals surface area contributed by atoms with Gasteiger partial charge >= 0.3 is 0 Å². The van der Waals surface area contributed by atoms with E-state index in [1.165, 1.54) is 22.3 Å². The molecule has 2 aliphatic rings. The Balaban J connectivity index is 2.19. The van der Waals surface area contributed by atoms with E-state index in [1.54, 1.807) is 0 Å². The lowest BCUT2D eigenvalue weighted by molar-refractivity contribution is 0.911. The lowest BCUT2D eigenvalue weighted by Crippen LogP contribution is -1.99. The van der Waals surface area contributed by atoms with Gasteiger partial charge in [-0.25, -0.2) is 0 Å². The summed E-state index contributed by atoms with van der Waals surface area (Å²) in [7, 11) is 0. The Morgan fingerprint density at radius 3 is 2.94 bits per heavy atom. The quantitative estimate of drug-likeness (QED) is 0.598. The van der Waals surface area contributed by atoms with Crippen LogP contribution in [-0.2, 0) is 0 Å². The molecule has 0 spiro atoms. The number of benzene rings is 1. The van der Waals surface area contributed by atoms with Crippen LogP contribution in [0.4, 0.5) is 0 Å².